The quantitative estimate of drug-likeness (QED) is 0.816. The lowest BCUT2D eigenvalue weighted by Gasteiger charge is -2.22. The number of rotatable bonds is 5. The van der Waals surface area contributed by atoms with Crippen LogP contribution in [0.1, 0.15) is 24.3 Å². The number of hydrogen-bond acceptors (Lipinski definition) is 3. The second-order valence-electron chi connectivity index (χ2n) is 4.31. The number of aryl methyl sites for hydroxylation is 1. The van der Waals surface area contributed by atoms with Crippen LogP contribution >= 0.6 is 0 Å². The molecule has 6 nitrogen and oxygen atoms in total. The summed E-state index contributed by atoms with van der Waals surface area (Å²) in [5.74, 6) is -1.10. The Hall–Kier alpha value is -1.85. The third-order valence-corrected chi connectivity index (χ3v) is 2.24. The lowest BCUT2D eigenvalue weighted by atomic mass is 10.2. The van der Waals surface area contributed by atoms with Crippen LogP contribution in [0.2, 0.25) is 0 Å². The normalized spacial score (nSPS) is 10.6. The second-order valence-corrected chi connectivity index (χ2v) is 4.31. The van der Waals surface area contributed by atoms with Crippen LogP contribution in [0.4, 0.5) is 0 Å². The van der Waals surface area contributed by atoms with Crippen molar-refractivity contribution in [1.29, 1.82) is 0 Å². The Bertz CT molecular complexity index is 412. The lowest BCUT2D eigenvalue weighted by Crippen LogP contribution is -2.39. The second kappa shape index (κ2) is 5.47. The van der Waals surface area contributed by atoms with E-state index in [9.17, 15) is 9.59 Å². The number of carboxylic acid groups (broad SMARTS) is 1. The van der Waals surface area contributed by atoms with E-state index in [-0.39, 0.29) is 18.4 Å². The van der Waals surface area contributed by atoms with E-state index >= 15 is 0 Å². The molecule has 0 saturated heterocycles. The molecule has 0 fully saturated rings. The zero-order valence-corrected chi connectivity index (χ0v) is 10.3. The van der Waals surface area contributed by atoms with Gasteiger partial charge in [-0.25, -0.2) is 0 Å². The van der Waals surface area contributed by atoms with E-state index in [0.717, 1.165) is 0 Å². The number of carbonyl (C=O) groups excluding carboxylic acids is 1. The molecule has 0 saturated carbocycles. The molecule has 94 valence electrons. The van der Waals surface area contributed by atoms with Gasteiger partial charge in [-0.2, -0.15) is 5.10 Å². The zero-order valence-electron chi connectivity index (χ0n) is 10.3. The fourth-order valence-electron chi connectivity index (χ4n) is 1.57. The van der Waals surface area contributed by atoms with Gasteiger partial charge in [0.15, 0.2) is 0 Å². The van der Waals surface area contributed by atoms with E-state index in [1.54, 1.807) is 13.1 Å². The zero-order chi connectivity index (χ0) is 13.0. The molecule has 0 aliphatic heterocycles. The lowest BCUT2D eigenvalue weighted by molar-refractivity contribution is -0.137. The smallest absolute Gasteiger partial charge is 0.323 e. The number of aromatic nitrogens is 2. The van der Waals surface area contributed by atoms with Gasteiger partial charge in [0.2, 0.25) is 0 Å². The Labute approximate surface area is 99.8 Å². The van der Waals surface area contributed by atoms with E-state index in [1.807, 2.05) is 13.8 Å². The van der Waals surface area contributed by atoms with Crippen molar-refractivity contribution in [3.05, 3.63) is 18.0 Å². The molecule has 17 heavy (non-hydrogen) atoms. The Kier molecular flexibility index (Phi) is 4.25. The maximum absolute atomic E-state index is 12.1. The topological polar surface area (TPSA) is 75.4 Å². The molecule has 1 N–H and O–H groups in total. The van der Waals surface area contributed by atoms with Crippen LogP contribution in [-0.4, -0.2) is 44.8 Å². The summed E-state index contributed by atoms with van der Waals surface area (Å²) in [5, 5.41) is 12.7. The molecule has 0 atom stereocenters. The van der Waals surface area contributed by atoms with Gasteiger partial charge in [0.25, 0.3) is 5.91 Å². The molecule has 1 heterocycles. The minimum atomic E-state index is -1.01. The van der Waals surface area contributed by atoms with Crippen LogP contribution < -0.4 is 0 Å². The number of amides is 1. The highest BCUT2D eigenvalue weighted by Crippen LogP contribution is 2.06. The van der Waals surface area contributed by atoms with Crippen molar-refractivity contribution in [3.63, 3.8) is 0 Å². The Morgan fingerprint density at radius 3 is 2.59 bits per heavy atom. The molecule has 0 unspecified atom stereocenters. The standard InChI is InChI=1S/C11H17N3O3/c1-8(2)6-14(7-10(15)16)11(17)9-4-5-12-13(9)3/h4-5,8H,6-7H2,1-3H3,(H,15,16). The summed E-state index contributed by atoms with van der Waals surface area (Å²) in [5.41, 5.74) is 0.395. The number of aliphatic carboxylic acids is 1. The van der Waals surface area contributed by atoms with Crippen LogP contribution in [0.15, 0.2) is 12.3 Å². The van der Waals surface area contributed by atoms with Crippen molar-refractivity contribution >= 4 is 11.9 Å². The molecule has 0 aliphatic carbocycles. The predicted molar refractivity (Wildman–Crippen MR) is 61.6 cm³/mol. The molecular weight excluding hydrogens is 222 g/mol. The molecule has 0 bridgehead atoms. The SMILES string of the molecule is CC(C)CN(CC(=O)O)C(=O)c1ccnn1C. The van der Waals surface area contributed by atoms with Crippen molar-refractivity contribution in [2.45, 2.75) is 13.8 Å². The summed E-state index contributed by atoms with van der Waals surface area (Å²) in [6.07, 6.45) is 1.52. The summed E-state index contributed by atoms with van der Waals surface area (Å²) >= 11 is 0. The van der Waals surface area contributed by atoms with Crippen LogP contribution in [-0.2, 0) is 11.8 Å². The highest BCUT2D eigenvalue weighted by molar-refractivity contribution is 5.94. The van der Waals surface area contributed by atoms with Gasteiger partial charge in [0.05, 0.1) is 0 Å². The molecule has 1 aromatic heterocycles. The van der Waals surface area contributed by atoms with Crippen LogP contribution in [0, 0.1) is 5.92 Å². The van der Waals surface area contributed by atoms with Crippen LogP contribution in [0.25, 0.3) is 0 Å². The van der Waals surface area contributed by atoms with Crippen molar-refractivity contribution in [2.24, 2.45) is 13.0 Å². The predicted octanol–water partition coefficient (Wildman–Crippen LogP) is 0.603. The van der Waals surface area contributed by atoms with E-state index in [1.165, 1.54) is 15.8 Å². The van der Waals surface area contributed by atoms with E-state index in [4.69, 9.17) is 5.11 Å². The summed E-state index contributed by atoms with van der Waals surface area (Å²) in [4.78, 5) is 24.2. The average Bonchev–Trinajstić information content (AvgIpc) is 2.61. The molecule has 0 aromatic carbocycles. The first-order chi connectivity index (χ1) is 7.91. The van der Waals surface area contributed by atoms with Gasteiger partial charge in [-0.3, -0.25) is 14.3 Å². The molecule has 1 amide bonds. The van der Waals surface area contributed by atoms with Gasteiger partial charge in [0.1, 0.15) is 12.2 Å². The van der Waals surface area contributed by atoms with Crippen molar-refractivity contribution in [3.8, 4) is 0 Å². The monoisotopic (exact) mass is 239 g/mol. The number of hydrogen-bond donors (Lipinski definition) is 1. The maximum Gasteiger partial charge on any atom is 0.323 e. The third kappa shape index (κ3) is 3.58. The highest BCUT2D eigenvalue weighted by atomic mass is 16.4. The third-order valence-electron chi connectivity index (χ3n) is 2.24. The van der Waals surface area contributed by atoms with E-state index < -0.39 is 5.97 Å². The fraction of sp³-hybridized carbons (Fsp3) is 0.545. The highest BCUT2D eigenvalue weighted by Gasteiger charge is 2.21. The van der Waals surface area contributed by atoms with Crippen molar-refractivity contribution in [2.75, 3.05) is 13.1 Å². The minimum absolute atomic E-state index is 0.214. The van der Waals surface area contributed by atoms with Crippen LogP contribution in [0.5, 0.6) is 0 Å². The first-order valence-corrected chi connectivity index (χ1v) is 5.41. The molecule has 6 heteroatoms. The maximum atomic E-state index is 12.1. The number of carboxylic acids is 1. The van der Waals surface area contributed by atoms with Gasteiger partial charge >= 0.3 is 5.97 Å². The van der Waals surface area contributed by atoms with Gasteiger partial charge in [-0.15, -0.1) is 0 Å². The van der Waals surface area contributed by atoms with Crippen molar-refractivity contribution in [1.82, 2.24) is 14.7 Å². The largest absolute Gasteiger partial charge is 0.480 e. The molecular formula is C11H17N3O3. The minimum Gasteiger partial charge on any atom is -0.480 e. The van der Waals surface area contributed by atoms with Gasteiger partial charge in [-0.05, 0) is 12.0 Å². The molecule has 1 aromatic rings. The number of nitrogens with zero attached hydrogens (tertiary/aromatic N) is 3. The first kappa shape index (κ1) is 13.2. The molecule has 1 rings (SSSR count). The molecule has 0 spiro atoms. The first-order valence-electron chi connectivity index (χ1n) is 5.41. The fourth-order valence-corrected chi connectivity index (χ4v) is 1.57. The van der Waals surface area contributed by atoms with Gasteiger partial charge in [0, 0.05) is 19.8 Å². The summed E-state index contributed by atoms with van der Waals surface area (Å²) in [6, 6.07) is 1.58. The Balaban J connectivity index is 2.86. The van der Waals surface area contributed by atoms with E-state index in [2.05, 4.69) is 5.10 Å². The average molecular weight is 239 g/mol. The summed E-state index contributed by atoms with van der Waals surface area (Å²) < 4.78 is 1.44. The number of carbonyl (C=O) groups is 2. The molecule has 0 radical (unpaired) electrons. The van der Waals surface area contributed by atoms with E-state index in [0.29, 0.717) is 12.2 Å². The van der Waals surface area contributed by atoms with Gasteiger partial charge in [-0.1, -0.05) is 13.8 Å². The Morgan fingerprint density at radius 2 is 2.18 bits per heavy atom. The summed E-state index contributed by atoms with van der Waals surface area (Å²) in [6.45, 7) is 4.00. The summed E-state index contributed by atoms with van der Waals surface area (Å²) in [7, 11) is 1.65. The van der Waals surface area contributed by atoms with Crippen molar-refractivity contribution < 1.29 is 14.7 Å². The van der Waals surface area contributed by atoms with Crippen LogP contribution in [0.3, 0.4) is 0 Å². The van der Waals surface area contributed by atoms with Gasteiger partial charge < -0.3 is 10.0 Å². The molecule has 0 aliphatic rings. The Morgan fingerprint density at radius 1 is 1.53 bits per heavy atom.